The summed E-state index contributed by atoms with van der Waals surface area (Å²) >= 11 is 0. The Kier molecular flexibility index (Phi) is 45.2. The first-order valence-corrected chi connectivity index (χ1v) is 55.7. The van der Waals surface area contributed by atoms with Gasteiger partial charge < -0.3 is 0 Å². The lowest BCUT2D eigenvalue weighted by Crippen LogP contribution is -2.29. The third kappa shape index (κ3) is 33.2. The molecular formula is C122H202. The van der Waals surface area contributed by atoms with Crippen LogP contribution in [0.1, 0.15) is 439 Å². The van der Waals surface area contributed by atoms with Gasteiger partial charge in [-0.2, -0.15) is 0 Å². The molecule has 16 aliphatic rings. The molecule has 16 aliphatic carbocycles. The molecule has 0 spiro atoms. The highest BCUT2D eigenvalue weighted by Gasteiger charge is 2.39. The van der Waals surface area contributed by atoms with Gasteiger partial charge in [0.15, 0.2) is 0 Å². The van der Waals surface area contributed by atoms with Crippen molar-refractivity contribution in [3.05, 3.63) is 138 Å². The first kappa shape index (κ1) is 99.7. The summed E-state index contributed by atoms with van der Waals surface area (Å²) in [5.41, 5.74) is 0. The molecule has 0 nitrogen and oxygen atoms in total. The Labute approximate surface area is 760 Å². The summed E-state index contributed by atoms with van der Waals surface area (Å²) in [6, 6.07) is 0. The molecule has 0 aromatic heterocycles. The van der Waals surface area contributed by atoms with Crippen LogP contribution in [0.25, 0.3) is 0 Å². The van der Waals surface area contributed by atoms with Gasteiger partial charge in [0.1, 0.15) is 0 Å². The van der Waals surface area contributed by atoms with E-state index in [4.69, 9.17) is 0 Å². The fourth-order valence-corrected chi connectivity index (χ4v) is 30.0. The van der Waals surface area contributed by atoms with Crippen LogP contribution in [0.15, 0.2) is 138 Å². The fraction of sp³-hybridized carbons (Fsp3) is 0.820. The van der Waals surface area contributed by atoms with Crippen LogP contribution in [-0.4, -0.2) is 0 Å². The van der Waals surface area contributed by atoms with Crippen molar-refractivity contribution in [3.63, 3.8) is 0 Å². The molecule has 0 aliphatic heterocycles. The summed E-state index contributed by atoms with van der Waals surface area (Å²) in [4.78, 5) is 0. The lowest BCUT2D eigenvalue weighted by Gasteiger charge is -2.41. The number of hydrogen-bond donors (Lipinski definition) is 0. The molecule has 0 radical (unpaired) electrons. The Bertz CT molecular complexity index is 2790. The van der Waals surface area contributed by atoms with Crippen molar-refractivity contribution in [2.45, 2.75) is 439 Å². The minimum atomic E-state index is 0.793. The molecule has 16 fully saturated rings. The topological polar surface area (TPSA) is 0 Å². The van der Waals surface area contributed by atoms with Gasteiger partial charge in [-0.3, -0.25) is 0 Å². The van der Waals surface area contributed by atoms with E-state index in [0.29, 0.717) is 0 Å². The normalized spacial score (nSPS) is 42.5. The van der Waals surface area contributed by atoms with Crippen LogP contribution < -0.4 is 0 Å². The van der Waals surface area contributed by atoms with E-state index >= 15 is 0 Å². The summed E-state index contributed by atoms with van der Waals surface area (Å²) in [5.74, 6) is 31.0. The third-order valence-corrected chi connectivity index (χ3v) is 39.6. The fourth-order valence-electron chi connectivity index (χ4n) is 30.0. The van der Waals surface area contributed by atoms with Crippen LogP contribution in [0.5, 0.6) is 0 Å². The largest absolute Gasteiger partial charge is 0.103 e. The van der Waals surface area contributed by atoms with Crippen LogP contribution in [0.2, 0.25) is 0 Å². The molecule has 16 rings (SSSR count). The molecule has 0 heterocycles. The van der Waals surface area contributed by atoms with Crippen LogP contribution in [-0.2, 0) is 0 Å². The molecule has 0 saturated heterocycles. The number of hydrogen-bond acceptors (Lipinski definition) is 0. The molecule has 0 amide bonds. The van der Waals surface area contributed by atoms with Gasteiger partial charge in [0.05, 0.1) is 0 Å². The van der Waals surface area contributed by atoms with Gasteiger partial charge in [-0.25, -0.2) is 0 Å². The Hall–Kier alpha value is -2.86. The Morgan fingerprint density at radius 3 is 0.336 bits per heavy atom. The van der Waals surface area contributed by atoms with E-state index in [1.807, 2.05) is 0 Å². The Morgan fingerprint density at radius 2 is 0.213 bits per heavy atom. The average Bonchev–Trinajstić information content (AvgIpc) is 0.875. The second-order valence-corrected chi connectivity index (χ2v) is 47.0. The standard InChI is InChI=1S/C24H38.C23H38.2C21H36.C17H28.C16H26/c1-3-19-5-7-21(8-6-19)9-10-22-13-17-24(18-14-22)23-15-11-20(4-2)12-16-23;1-3-19-6-8-20(9-7-19)10-11-21-12-16-23(17-13-21)22-14-4-18(2)5-15-22;2*1-3-17-6-10-19(11-7-17)21-14-12-20(13-15-21)18-8-4-16(2)5-9-18;1-3-5-15-8-12-17(13-9-15)16-10-6-14(4-2)7-11-16;1-3-13-5-9-15(10-6-13)16-11-7-14(4-2)8-12-16/h3-4,9-10,19-24H,1-2,5-8,11-18H2;3,10-11,18-23H,1,4-9,12-17H2,2H3;2*3,16-21H,1,4-15H2,2H3;3-5,14-17H,2,6-13H2,1H3;3-4,13-16H,1-2,5-12H2/b10-9+;11-10+;;;5-3+;. The molecule has 0 atom stereocenters. The molecule has 16 saturated carbocycles. The van der Waals surface area contributed by atoms with Crippen molar-refractivity contribution in [3.8, 4) is 0 Å². The van der Waals surface area contributed by atoms with E-state index in [9.17, 15) is 0 Å². The molecule has 122 heavy (non-hydrogen) atoms. The maximum absolute atomic E-state index is 3.99. The summed E-state index contributed by atoms with van der Waals surface area (Å²) < 4.78 is 0. The number of allylic oxidation sites excluding steroid dienone is 14. The first-order chi connectivity index (χ1) is 59.7. The van der Waals surface area contributed by atoms with Crippen molar-refractivity contribution in [2.24, 2.45) is 189 Å². The molecule has 0 aromatic carbocycles. The smallest absolute Gasteiger partial charge is 0.0233 e. The maximum atomic E-state index is 3.99. The van der Waals surface area contributed by atoms with Crippen LogP contribution in [0, 0.1) is 189 Å². The van der Waals surface area contributed by atoms with E-state index in [1.165, 1.54) is 334 Å². The zero-order valence-electron chi connectivity index (χ0n) is 81.5. The molecular weight excluding hydrogens is 1470 g/mol. The van der Waals surface area contributed by atoms with E-state index in [2.05, 4.69) is 165 Å². The maximum Gasteiger partial charge on any atom is -0.0233 e. The first-order valence-electron chi connectivity index (χ1n) is 55.7. The van der Waals surface area contributed by atoms with Crippen LogP contribution in [0.4, 0.5) is 0 Å². The van der Waals surface area contributed by atoms with Crippen molar-refractivity contribution in [2.75, 3.05) is 0 Å². The van der Waals surface area contributed by atoms with Crippen molar-refractivity contribution in [1.82, 2.24) is 0 Å². The molecule has 0 bridgehead atoms. The molecule has 0 aromatic rings. The lowest BCUT2D eigenvalue weighted by atomic mass is 9.65. The second-order valence-electron chi connectivity index (χ2n) is 47.0. The SMILES string of the molecule is C=CC1CCC(/C=C/C2CCC(C3CCC(C)CC3)CC2)CC1.C=CC1CCC(/C=C/C2CCC(C3CCC(C=C)CC3)CC2)CC1.C=CC1CCC(C2CCC(/C=C/C)CC2)CC1.C=CC1CCC(C2CCC(C3CCC(C)CC3)CC2)CC1.C=CC1CCC(C2CCC(C3CCC(C)CC3)CC2)CC1.C=CC1CCC(C2CCC(C=C)CC2)CC1. The van der Waals surface area contributed by atoms with E-state index in [1.54, 1.807) is 77.0 Å². The predicted octanol–water partition coefficient (Wildman–Crippen LogP) is 38.1. The molecule has 0 N–H and O–H groups in total. The highest BCUT2D eigenvalue weighted by molar-refractivity contribution is 5.03. The monoisotopic (exact) mass is 1670 g/mol. The van der Waals surface area contributed by atoms with Gasteiger partial charge >= 0.3 is 0 Å². The van der Waals surface area contributed by atoms with Gasteiger partial charge in [-0.1, -0.05) is 144 Å². The number of rotatable bonds is 21. The lowest BCUT2D eigenvalue weighted by molar-refractivity contribution is 0.110. The van der Waals surface area contributed by atoms with Gasteiger partial charge in [0.25, 0.3) is 0 Å². The minimum Gasteiger partial charge on any atom is -0.103 e. The molecule has 690 valence electrons. The predicted molar refractivity (Wildman–Crippen MR) is 539 cm³/mol. The van der Waals surface area contributed by atoms with E-state index in [0.717, 1.165) is 189 Å². The molecule has 0 unspecified atom stereocenters. The minimum absolute atomic E-state index is 0.793. The second kappa shape index (κ2) is 55.3. The zero-order chi connectivity index (χ0) is 85.6. The quantitative estimate of drug-likeness (QED) is 0.101. The average molecular weight is 1670 g/mol. The third-order valence-electron chi connectivity index (χ3n) is 39.6. The van der Waals surface area contributed by atoms with E-state index < -0.39 is 0 Å². The molecule has 0 heteroatoms. The van der Waals surface area contributed by atoms with Crippen LogP contribution in [0.3, 0.4) is 0 Å². The summed E-state index contributed by atoms with van der Waals surface area (Å²) in [6.45, 7) is 41.2. The van der Waals surface area contributed by atoms with Gasteiger partial charge in [0.2, 0.25) is 0 Å². The highest BCUT2D eigenvalue weighted by Crippen LogP contribution is 2.52. The van der Waals surface area contributed by atoms with Gasteiger partial charge in [-0.05, 0) is 569 Å². The van der Waals surface area contributed by atoms with Crippen molar-refractivity contribution >= 4 is 0 Å². The Morgan fingerprint density at radius 1 is 0.123 bits per heavy atom. The highest BCUT2D eigenvalue weighted by atomic mass is 14.4. The van der Waals surface area contributed by atoms with Gasteiger partial charge in [-0.15, -0.1) is 52.6 Å². The summed E-state index contributed by atoms with van der Waals surface area (Å²) in [6.07, 6.45) is 127. The summed E-state index contributed by atoms with van der Waals surface area (Å²) in [7, 11) is 0. The zero-order valence-corrected chi connectivity index (χ0v) is 81.5. The van der Waals surface area contributed by atoms with Crippen molar-refractivity contribution in [1.29, 1.82) is 0 Å². The Balaban J connectivity index is 0.000000144. The van der Waals surface area contributed by atoms with Crippen molar-refractivity contribution < 1.29 is 0 Å². The van der Waals surface area contributed by atoms with E-state index in [-0.39, 0.29) is 0 Å². The van der Waals surface area contributed by atoms with Crippen LogP contribution >= 0.6 is 0 Å². The van der Waals surface area contributed by atoms with Gasteiger partial charge in [0, 0.05) is 0 Å². The summed E-state index contributed by atoms with van der Waals surface area (Å²) in [5, 5.41) is 0.